The minimum absolute atomic E-state index is 0.0653. The Morgan fingerprint density at radius 3 is 2.67 bits per heavy atom. The van der Waals surface area contributed by atoms with Gasteiger partial charge in [-0.3, -0.25) is 4.79 Å². The van der Waals surface area contributed by atoms with Gasteiger partial charge in [-0.25, -0.2) is 4.79 Å². The van der Waals surface area contributed by atoms with Gasteiger partial charge in [0.15, 0.2) is 0 Å². The monoisotopic (exact) mass is 325 g/mol. The first-order valence-corrected chi connectivity index (χ1v) is 7.20. The fraction of sp³-hybridized carbons (Fsp3) is 0.167. The number of anilines is 1. The van der Waals surface area contributed by atoms with Gasteiger partial charge in [-0.05, 0) is 32.2 Å². The van der Waals surface area contributed by atoms with Crippen molar-refractivity contribution in [3.63, 3.8) is 0 Å². The van der Waals surface area contributed by atoms with E-state index in [0.717, 1.165) is 0 Å². The Kier molecular flexibility index (Phi) is 7.14. The van der Waals surface area contributed by atoms with Crippen LogP contribution in [0, 0.1) is 11.3 Å². The highest BCUT2D eigenvalue weighted by Gasteiger charge is 2.15. The highest BCUT2D eigenvalue weighted by molar-refractivity contribution is 6.09. The molecule has 1 aromatic carbocycles. The summed E-state index contributed by atoms with van der Waals surface area (Å²) in [5.41, 5.74) is 0.507. The maximum absolute atomic E-state index is 12.4. The standard InChI is InChI=1S/C18H19N3O3/c1-4-5-14(8-6-12(2)20-3)17(22)21-16-9-7-13(11-19)10-15(16)18(23)24/h4-10,12,20H,1H2,2-3H3,(H,21,22)(H,23,24)/b8-6-,14-5+. The van der Waals surface area contributed by atoms with Gasteiger partial charge in [-0.2, -0.15) is 5.26 Å². The van der Waals surface area contributed by atoms with Crippen LogP contribution in [0.4, 0.5) is 5.69 Å². The average molecular weight is 325 g/mol. The first-order valence-electron chi connectivity index (χ1n) is 7.20. The van der Waals surface area contributed by atoms with Crippen LogP contribution in [0.2, 0.25) is 0 Å². The van der Waals surface area contributed by atoms with Crippen molar-refractivity contribution in [3.8, 4) is 6.07 Å². The van der Waals surface area contributed by atoms with Crippen LogP contribution in [0.1, 0.15) is 22.8 Å². The predicted octanol–water partition coefficient (Wildman–Crippen LogP) is 2.47. The molecule has 0 aliphatic carbocycles. The molecule has 0 aliphatic rings. The van der Waals surface area contributed by atoms with Crippen molar-refractivity contribution < 1.29 is 14.7 Å². The zero-order chi connectivity index (χ0) is 18.1. The third kappa shape index (κ3) is 5.23. The number of aromatic carboxylic acids is 1. The minimum Gasteiger partial charge on any atom is -0.478 e. The van der Waals surface area contributed by atoms with Crippen molar-refractivity contribution >= 4 is 17.6 Å². The third-order valence-corrected chi connectivity index (χ3v) is 3.21. The maximum atomic E-state index is 12.4. The summed E-state index contributed by atoms with van der Waals surface area (Å²) in [4.78, 5) is 23.7. The van der Waals surface area contributed by atoms with Crippen LogP contribution in [0.25, 0.3) is 0 Å². The molecule has 1 atom stereocenters. The minimum atomic E-state index is -1.23. The van der Waals surface area contributed by atoms with Crippen molar-refractivity contribution in [1.29, 1.82) is 5.26 Å². The lowest BCUT2D eigenvalue weighted by Crippen LogP contribution is -2.19. The van der Waals surface area contributed by atoms with E-state index in [9.17, 15) is 14.7 Å². The van der Waals surface area contributed by atoms with Crippen molar-refractivity contribution in [1.82, 2.24) is 5.32 Å². The number of benzene rings is 1. The summed E-state index contributed by atoms with van der Waals surface area (Å²) in [5.74, 6) is -1.70. The van der Waals surface area contributed by atoms with E-state index in [4.69, 9.17) is 5.26 Å². The number of carbonyl (C=O) groups excluding carboxylic acids is 1. The molecule has 0 saturated carbocycles. The smallest absolute Gasteiger partial charge is 0.337 e. The number of carboxylic acids is 1. The average Bonchev–Trinajstić information content (AvgIpc) is 2.58. The molecule has 0 aromatic heterocycles. The van der Waals surface area contributed by atoms with Crippen molar-refractivity contribution in [2.75, 3.05) is 12.4 Å². The van der Waals surface area contributed by atoms with Gasteiger partial charge in [0, 0.05) is 11.6 Å². The SMILES string of the molecule is C=C/C=C(\C=C/C(C)NC)C(=O)Nc1ccc(C#N)cc1C(=O)O. The molecule has 0 aliphatic heterocycles. The molecule has 1 aromatic rings. The van der Waals surface area contributed by atoms with Crippen molar-refractivity contribution in [3.05, 3.63) is 65.8 Å². The van der Waals surface area contributed by atoms with Gasteiger partial charge in [0.25, 0.3) is 5.91 Å². The Labute approximate surface area is 140 Å². The van der Waals surface area contributed by atoms with Gasteiger partial charge in [-0.15, -0.1) is 0 Å². The van der Waals surface area contributed by atoms with Crippen LogP contribution >= 0.6 is 0 Å². The molecule has 0 bridgehead atoms. The Bertz CT molecular complexity index is 742. The fourth-order valence-electron chi connectivity index (χ4n) is 1.77. The Hall–Kier alpha value is -3.17. The van der Waals surface area contributed by atoms with Crippen molar-refractivity contribution in [2.45, 2.75) is 13.0 Å². The molecule has 3 N–H and O–H groups in total. The largest absolute Gasteiger partial charge is 0.478 e. The van der Waals surface area contributed by atoms with Crippen LogP contribution in [0.3, 0.4) is 0 Å². The number of nitrogens with zero attached hydrogens (tertiary/aromatic N) is 1. The van der Waals surface area contributed by atoms with E-state index < -0.39 is 11.9 Å². The van der Waals surface area contributed by atoms with E-state index in [1.807, 2.05) is 13.0 Å². The summed E-state index contributed by atoms with van der Waals surface area (Å²) in [7, 11) is 1.79. The van der Waals surface area contributed by atoms with Crippen LogP contribution in [0.5, 0.6) is 0 Å². The van der Waals surface area contributed by atoms with Gasteiger partial charge in [0.05, 0.1) is 22.9 Å². The summed E-state index contributed by atoms with van der Waals surface area (Å²) in [6, 6.07) is 5.98. The van der Waals surface area contributed by atoms with Crippen LogP contribution in [0.15, 0.2) is 54.7 Å². The topological polar surface area (TPSA) is 102 Å². The van der Waals surface area contributed by atoms with E-state index in [2.05, 4.69) is 17.2 Å². The molecule has 124 valence electrons. The summed E-state index contributed by atoms with van der Waals surface area (Å²) in [6.45, 7) is 5.49. The van der Waals surface area contributed by atoms with E-state index in [1.165, 1.54) is 30.4 Å². The lowest BCUT2D eigenvalue weighted by atomic mass is 10.1. The molecule has 1 unspecified atom stereocenters. The van der Waals surface area contributed by atoms with E-state index in [-0.39, 0.29) is 22.9 Å². The number of carboxylic acid groups (broad SMARTS) is 1. The summed E-state index contributed by atoms with van der Waals surface area (Å²) < 4.78 is 0. The number of nitriles is 1. The molecule has 6 nitrogen and oxygen atoms in total. The summed E-state index contributed by atoms with van der Waals surface area (Å²) >= 11 is 0. The predicted molar refractivity (Wildman–Crippen MR) is 92.7 cm³/mol. The van der Waals surface area contributed by atoms with Crippen LogP contribution in [-0.4, -0.2) is 30.1 Å². The first-order chi connectivity index (χ1) is 11.4. The molecule has 0 heterocycles. The van der Waals surface area contributed by atoms with Gasteiger partial charge in [-0.1, -0.05) is 30.9 Å². The van der Waals surface area contributed by atoms with Gasteiger partial charge in [0.2, 0.25) is 0 Å². The van der Waals surface area contributed by atoms with Crippen molar-refractivity contribution in [2.24, 2.45) is 0 Å². The van der Waals surface area contributed by atoms with Gasteiger partial charge >= 0.3 is 5.97 Å². The highest BCUT2D eigenvalue weighted by Crippen LogP contribution is 2.18. The molecule has 0 radical (unpaired) electrons. The second kappa shape index (κ2) is 9.08. The fourth-order valence-corrected chi connectivity index (χ4v) is 1.77. The number of likely N-dealkylation sites (N-methyl/N-ethyl adjacent to an activating group) is 1. The second-order valence-electron chi connectivity index (χ2n) is 4.93. The van der Waals surface area contributed by atoms with Gasteiger partial charge < -0.3 is 15.7 Å². The Morgan fingerprint density at radius 2 is 2.12 bits per heavy atom. The number of nitrogens with one attached hydrogen (secondary N) is 2. The quantitative estimate of drug-likeness (QED) is 0.528. The first kappa shape index (κ1) is 18.9. The van der Waals surface area contributed by atoms with Gasteiger partial charge in [0.1, 0.15) is 0 Å². The maximum Gasteiger partial charge on any atom is 0.337 e. The molecular formula is C18H19N3O3. The molecule has 1 rings (SSSR count). The molecule has 1 amide bonds. The molecule has 6 heteroatoms. The summed E-state index contributed by atoms with van der Waals surface area (Å²) in [5, 5.41) is 23.7. The Morgan fingerprint density at radius 1 is 1.42 bits per heavy atom. The second-order valence-corrected chi connectivity index (χ2v) is 4.93. The number of hydrogen-bond acceptors (Lipinski definition) is 4. The molecular weight excluding hydrogens is 306 g/mol. The van der Waals surface area contributed by atoms with Crippen LogP contribution < -0.4 is 10.6 Å². The third-order valence-electron chi connectivity index (χ3n) is 3.21. The lowest BCUT2D eigenvalue weighted by Gasteiger charge is -2.10. The number of amides is 1. The molecule has 24 heavy (non-hydrogen) atoms. The number of hydrogen-bond donors (Lipinski definition) is 3. The molecule has 0 spiro atoms. The Balaban J connectivity index is 3.10. The highest BCUT2D eigenvalue weighted by atomic mass is 16.4. The van der Waals surface area contributed by atoms with E-state index in [1.54, 1.807) is 19.2 Å². The number of carbonyl (C=O) groups is 2. The normalized spacial score (nSPS) is 12.5. The molecule has 0 saturated heterocycles. The lowest BCUT2D eigenvalue weighted by molar-refractivity contribution is -0.112. The zero-order valence-electron chi connectivity index (χ0n) is 13.5. The summed E-state index contributed by atoms with van der Waals surface area (Å²) in [6.07, 6.45) is 6.42. The number of allylic oxidation sites excluding steroid dienone is 2. The van der Waals surface area contributed by atoms with E-state index in [0.29, 0.717) is 5.57 Å². The van der Waals surface area contributed by atoms with Crippen LogP contribution in [-0.2, 0) is 4.79 Å². The van der Waals surface area contributed by atoms with E-state index >= 15 is 0 Å². The molecule has 0 fully saturated rings. The number of rotatable bonds is 7. The zero-order valence-corrected chi connectivity index (χ0v) is 13.5.